The Morgan fingerprint density at radius 2 is 0.672 bits per heavy atom. The predicted octanol–water partition coefficient (Wildman–Crippen LogP) is 30.4. The highest BCUT2D eigenvalue weighted by Gasteiger charge is 2.50. The van der Waals surface area contributed by atoms with Gasteiger partial charge in [0, 0.05) is 67.7 Å². The van der Waals surface area contributed by atoms with Crippen LogP contribution in [0.4, 0.5) is 17.1 Å². The molecule has 0 amide bonds. The van der Waals surface area contributed by atoms with Gasteiger partial charge in [0.2, 0.25) is 5.79 Å². The molecule has 0 bridgehead atoms. The molecule has 122 heavy (non-hydrogen) atoms. The number of hydrogen-bond acceptors (Lipinski definition) is 7. The fraction of sp³-hybridized carbons (Fsp3) is 0.421. The fourth-order valence-corrected chi connectivity index (χ4v) is 19.9. The summed E-state index contributed by atoms with van der Waals surface area (Å²) in [5.41, 5.74) is 19.7. The Bertz CT molecular complexity index is 5110. The molecule has 3 heterocycles. The zero-order chi connectivity index (χ0) is 83.9. The van der Waals surface area contributed by atoms with Crippen LogP contribution in [0.15, 0.2) is 243 Å². The maximum atomic E-state index is 15.6. The second kappa shape index (κ2) is 42.9. The van der Waals surface area contributed by atoms with Crippen molar-refractivity contribution in [3.8, 4) is 33.4 Å². The zero-order valence-electron chi connectivity index (χ0n) is 74.2. The van der Waals surface area contributed by atoms with E-state index in [1.165, 1.54) is 193 Å². The zero-order valence-corrected chi connectivity index (χ0v) is 74.2. The maximum absolute atomic E-state index is 15.6. The van der Waals surface area contributed by atoms with Gasteiger partial charge >= 0.3 is 0 Å². The quantitative estimate of drug-likeness (QED) is 0.0290. The topological polar surface area (TPSA) is 85.6 Å². The molecule has 2 N–H and O–H groups in total. The molecule has 2 aliphatic heterocycles. The van der Waals surface area contributed by atoms with Gasteiger partial charge in [-0.05, 0) is 202 Å². The predicted molar refractivity (Wildman–Crippen MR) is 509 cm³/mol. The van der Waals surface area contributed by atoms with E-state index in [-0.39, 0.29) is 0 Å². The van der Waals surface area contributed by atoms with Gasteiger partial charge < -0.3 is 38.6 Å². The number of aryl methyl sites for hydroxylation is 5. The van der Waals surface area contributed by atoms with Crippen molar-refractivity contribution in [3.05, 3.63) is 315 Å². The molecule has 15 rings (SSSR count). The van der Waals surface area contributed by atoms with Crippen LogP contribution in [0.25, 0.3) is 55.2 Å². The van der Waals surface area contributed by atoms with Gasteiger partial charge in [-0.2, -0.15) is 0 Å². The highest BCUT2D eigenvalue weighted by molar-refractivity contribution is 6.10. The minimum atomic E-state index is -1.79. The molecule has 11 aromatic carbocycles. The Hall–Kier alpha value is -9.22. The molecule has 1 aromatic heterocycles. The Morgan fingerprint density at radius 1 is 0.320 bits per heavy atom. The SMILES string of the molecule is CCCCCCCCc1ccc(C(O)(c2ccc(CCCCCCCC)cc2)c2cc(-c3ccc4c5ccc(N(c6ccccc6)c6ccccc6)cc5n(CCCCCCCC)c4c3)c(C(O)(c3ccc(CCCCCCCC)cc3)c3ccc(CCCCCCCC)cc3)cc2-c2ccc3c(c2)C2(OCCO2)c2cc(C4OCCO4)ccc2-3)cc1. The molecule has 1 spiro atoms. The van der Waals surface area contributed by atoms with Gasteiger partial charge in [-0.25, -0.2) is 0 Å². The van der Waals surface area contributed by atoms with E-state index in [2.05, 4.69) is 287 Å². The first-order valence-electron chi connectivity index (χ1n) is 47.9. The van der Waals surface area contributed by atoms with Crippen LogP contribution in [0.3, 0.4) is 0 Å². The highest BCUT2D eigenvalue weighted by Crippen LogP contribution is 2.56. The third-order valence-electron chi connectivity index (χ3n) is 26.8. The maximum Gasteiger partial charge on any atom is 0.223 e. The first kappa shape index (κ1) is 87.7. The van der Waals surface area contributed by atoms with Crippen LogP contribution in [0.1, 0.15) is 306 Å². The normalized spacial score (nSPS) is 14.0. The van der Waals surface area contributed by atoms with Gasteiger partial charge in [-0.1, -0.05) is 371 Å². The van der Waals surface area contributed by atoms with E-state index in [0.29, 0.717) is 37.6 Å². The molecule has 8 nitrogen and oxygen atoms in total. The Labute approximate surface area is 730 Å². The van der Waals surface area contributed by atoms with E-state index >= 15 is 10.2 Å². The number of benzene rings is 11. The summed E-state index contributed by atoms with van der Waals surface area (Å²) >= 11 is 0. The van der Waals surface area contributed by atoms with Crippen molar-refractivity contribution in [3.63, 3.8) is 0 Å². The minimum absolute atomic E-state index is 0.406. The molecule has 12 aromatic rings. The van der Waals surface area contributed by atoms with Gasteiger partial charge in [0.15, 0.2) is 6.29 Å². The van der Waals surface area contributed by atoms with Crippen molar-refractivity contribution in [1.82, 2.24) is 4.57 Å². The van der Waals surface area contributed by atoms with Crippen molar-refractivity contribution in [2.75, 3.05) is 31.3 Å². The van der Waals surface area contributed by atoms with Gasteiger partial charge in [-0.15, -0.1) is 0 Å². The first-order chi connectivity index (χ1) is 60.1. The lowest BCUT2D eigenvalue weighted by atomic mass is 9.71. The molecule has 0 saturated carbocycles. The Balaban J connectivity index is 1.00. The lowest BCUT2D eigenvalue weighted by Crippen LogP contribution is -2.33. The molecule has 8 heteroatoms. The van der Waals surface area contributed by atoms with Crippen LogP contribution in [0.2, 0.25) is 0 Å². The van der Waals surface area contributed by atoms with Gasteiger partial charge in [0.05, 0.1) is 31.9 Å². The smallest absolute Gasteiger partial charge is 0.223 e. The minimum Gasteiger partial charge on any atom is -0.376 e. The number of ether oxygens (including phenoxy) is 4. The van der Waals surface area contributed by atoms with Crippen molar-refractivity contribution < 1.29 is 29.2 Å². The molecular weight excluding hydrogens is 1490 g/mol. The number of aromatic nitrogens is 1. The summed E-state index contributed by atoms with van der Waals surface area (Å²) in [4.78, 5) is 2.38. The monoisotopic (exact) mass is 1630 g/mol. The molecule has 1 aliphatic carbocycles. The van der Waals surface area contributed by atoms with Gasteiger partial charge in [-0.3, -0.25) is 0 Å². The number of fused-ring (bicyclic) bond motifs is 8. The van der Waals surface area contributed by atoms with Gasteiger partial charge in [0.25, 0.3) is 0 Å². The van der Waals surface area contributed by atoms with Crippen molar-refractivity contribution in [2.24, 2.45) is 0 Å². The molecule has 3 aliphatic rings. The molecule has 2 saturated heterocycles. The average Bonchev–Trinajstić information content (AvgIpc) is 1.53. The number of aliphatic hydroxyl groups is 2. The van der Waals surface area contributed by atoms with E-state index in [1.807, 2.05) is 0 Å². The summed E-state index contributed by atoms with van der Waals surface area (Å²) < 4.78 is 29.1. The Kier molecular flexibility index (Phi) is 30.8. The summed E-state index contributed by atoms with van der Waals surface area (Å²) in [6, 6.07) is 89.6. The highest BCUT2D eigenvalue weighted by atomic mass is 16.7. The lowest BCUT2D eigenvalue weighted by Gasteiger charge is -2.37. The van der Waals surface area contributed by atoms with E-state index < -0.39 is 23.3 Å². The lowest BCUT2D eigenvalue weighted by molar-refractivity contribution is -0.126. The summed E-state index contributed by atoms with van der Waals surface area (Å²) in [6.45, 7) is 14.1. The number of anilines is 3. The van der Waals surface area contributed by atoms with Crippen molar-refractivity contribution >= 4 is 38.9 Å². The number of nitrogens with zero attached hydrogens (tertiary/aromatic N) is 2. The molecule has 638 valence electrons. The van der Waals surface area contributed by atoms with Crippen LogP contribution in [-0.4, -0.2) is 41.2 Å². The summed E-state index contributed by atoms with van der Waals surface area (Å²) in [5.74, 6) is -1.24. The third kappa shape index (κ3) is 19.9. The number of rotatable bonds is 47. The van der Waals surface area contributed by atoms with Gasteiger partial charge in [0.1, 0.15) is 11.2 Å². The van der Waals surface area contributed by atoms with Crippen LogP contribution < -0.4 is 4.90 Å². The molecule has 2 fully saturated rings. The fourth-order valence-electron chi connectivity index (χ4n) is 19.9. The summed E-state index contributed by atoms with van der Waals surface area (Å²) in [7, 11) is 0. The Morgan fingerprint density at radius 3 is 1.09 bits per heavy atom. The van der Waals surface area contributed by atoms with Crippen LogP contribution in [0, 0.1) is 0 Å². The standard InChI is InChI=1S/C114H136N2O6/c1-6-11-16-21-26-33-42-85-50-61-92(62-51-85)112(117,93-63-52-86(53-64-93)43-34-27-22-17-12-7-2)105-84-104(90-59-72-101-102-73-69-98(116(96-46-37-31-38-47-96)97-48-39-32-40-49-97)82-110(102)115(109(101)81-90)74-41-30-25-20-15-10-5)106(83-103(105)89-58-70-99-100-71-60-91(111-119-75-76-120-111)80-108(100)114(107(99)79-89)121-77-78-122-114)113(118,94-65-54-87(55-66-94)44-35-28-23-18-13-8-3)95-67-56-88(57-68-95)45-36-29-24-19-14-9-4/h31-32,37-40,46-73,79-84,111,117-118H,6-30,33-36,41-45,74-78H2,1-5H3. The first-order valence-corrected chi connectivity index (χ1v) is 47.9. The molecule has 0 unspecified atom stereocenters. The second-order valence-corrected chi connectivity index (χ2v) is 35.5. The molecule has 0 atom stereocenters. The van der Waals surface area contributed by atoms with E-state index in [9.17, 15) is 0 Å². The van der Waals surface area contributed by atoms with Crippen LogP contribution in [0.5, 0.6) is 0 Å². The molecule has 0 radical (unpaired) electrons. The molecular formula is C114H136N2O6. The number of unbranched alkanes of at least 4 members (excludes halogenated alkanes) is 25. The van der Waals surface area contributed by atoms with E-state index in [0.717, 1.165) is 166 Å². The number of hydrogen-bond donors (Lipinski definition) is 2. The second-order valence-electron chi connectivity index (χ2n) is 35.5. The number of para-hydroxylation sites is 2. The largest absolute Gasteiger partial charge is 0.376 e. The van der Waals surface area contributed by atoms with Crippen LogP contribution >= 0.6 is 0 Å². The summed E-state index contributed by atoms with van der Waals surface area (Å²) in [5, 5.41) is 33.6. The van der Waals surface area contributed by atoms with E-state index in [1.54, 1.807) is 0 Å². The third-order valence-corrected chi connectivity index (χ3v) is 26.8. The van der Waals surface area contributed by atoms with Crippen LogP contribution in [-0.2, 0) is 68.2 Å². The van der Waals surface area contributed by atoms with Crippen molar-refractivity contribution in [2.45, 2.75) is 283 Å². The van der Waals surface area contributed by atoms with E-state index in [4.69, 9.17) is 18.9 Å². The average molecular weight is 1630 g/mol. The van der Waals surface area contributed by atoms with Crippen molar-refractivity contribution in [1.29, 1.82) is 0 Å². The summed E-state index contributed by atoms with van der Waals surface area (Å²) in [6.07, 6.45) is 39.6.